The molecule has 0 aliphatic heterocycles. The fraction of sp³-hybridized carbons (Fsp3) is 0.417. The van der Waals surface area contributed by atoms with Gasteiger partial charge in [-0.1, -0.05) is 48.4 Å². The van der Waals surface area contributed by atoms with Gasteiger partial charge in [-0.25, -0.2) is 0 Å². The molecule has 2 rings (SSSR count). The van der Waals surface area contributed by atoms with Gasteiger partial charge in [-0.15, -0.1) is 0 Å². The first-order chi connectivity index (χ1) is 14.4. The maximum Gasteiger partial charge on any atom is 0.242 e. The van der Waals surface area contributed by atoms with Crippen LogP contribution in [0.25, 0.3) is 0 Å². The Kier molecular flexibility index (Phi) is 9.68. The highest BCUT2D eigenvalue weighted by atomic mass is 35.5. The Bertz CT molecular complexity index is 823. The standard InChI is InChI=1S/C24H31ClN2O3/c1-4-22(24(29)26-5-2)27(17-19-9-6-8-18(3)16-19)23(28)10-7-15-30-21-13-11-20(25)12-14-21/h6,8-9,11-14,16,22H,4-5,7,10,15,17H2,1-3H3,(H,26,29). The summed E-state index contributed by atoms with van der Waals surface area (Å²) in [7, 11) is 0. The number of nitrogens with zero attached hydrogens (tertiary/aromatic N) is 1. The number of rotatable bonds is 11. The van der Waals surface area contributed by atoms with Crippen LogP contribution in [0.4, 0.5) is 0 Å². The number of hydrogen-bond donors (Lipinski definition) is 1. The molecule has 5 nitrogen and oxygen atoms in total. The van der Waals surface area contributed by atoms with E-state index in [2.05, 4.69) is 5.32 Å². The Morgan fingerprint density at radius 1 is 1.13 bits per heavy atom. The van der Waals surface area contributed by atoms with Crippen molar-refractivity contribution in [2.24, 2.45) is 0 Å². The first kappa shape index (κ1) is 23.7. The molecule has 0 bridgehead atoms. The van der Waals surface area contributed by atoms with Crippen molar-refractivity contribution in [3.05, 3.63) is 64.7 Å². The van der Waals surface area contributed by atoms with Gasteiger partial charge in [0.25, 0.3) is 0 Å². The molecular formula is C24H31ClN2O3. The lowest BCUT2D eigenvalue weighted by Gasteiger charge is -2.30. The zero-order valence-electron chi connectivity index (χ0n) is 18.0. The number of carbonyl (C=O) groups excluding carboxylic acids is 2. The Labute approximate surface area is 184 Å². The zero-order valence-corrected chi connectivity index (χ0v) is 18.7. The van der Waals surface area contributed by atoms with Gasteiger partial charge in [0, 0.05) is 24.5 Å². The molecule has 2 aromatic carbocycles. The molecule has 30 heavy (non-hydrogen) atoms. The van der Waals surface area contributed by atoms with Crippen molar-refractivity contribution >= 4 is 23.4 Å². The molecule has 0 spiro atoms. The van der Waals surface area contributed by atoms with E-state index >= 15 is 0 Å². The lowest BCUT2D eigenvalue weighted by atomic mass is 10.1. The molecule has 0 saturated carbocycles. The number of aryl methyl sites for hydroxylation is 1. The summed E-state index contributed by atoms with van der Waals surface area (Å²) in [6, 6.07) is 14.7. The maximum absolute atomic E-state index is 13.1. The summed E-state index contributed by atoms with van der Waals surface area (Å²) in [5.74, 6) is 0.560. The summed E-state index contributed by atoms with van der Waals surface area (Å²) >= 11 is 5.88. The second-order valence-corrected chi connectivity index (χ2v) is 7.67. The minimum Gasteiger partial charge on any atom is -0.494 e. The van der Waals surface area contributed by atoms with E-state index in [1.807, 2.05) is 45.0 Å². The highest BCUT2D eigenvalue weighted by Crippen LogP contribution is 2.17. The fourth-order valence-electron chi connectivity index (χ4n) is 3.31. The largest absolute Gasteiger partial charge is 0.494 e. The molecule has 0 aromatic heterocycles. The van der Waals surface area contributed by atoms with E-state index in [4.69, 9.17) is 16.3 Å². The van der Waals surface area contributed by atoms with Crippen LogP contribution < -0.4 is 10.1 Å². The predicted octanol–water partition coefficient (Wildman–Crippen LogP) is 4.75. The fourth-order valence-corrected chi connectivity index (χ4v) is 3.43. The molecule has 0 saturated heterocycles. The van der Waals surface area contributed by atoms with Crippen LogP contribution in [0.5, 0.6) is 5.75 Å². The summed E-state index contributed by atoms with van der Waals surface area (Å²) in [5.41, 5.74) is 2.14. The smallest absolute Gasteiger partial charge is 0.242 e. The minimum atomic E-state index is -0.491. The predicted molar refractivity (Wildman–Crippen MR) is 121 cm³/mol. The van der Waals surface area contributed by atoms with Crippen molar-refractivity contribution in [1.29, 1.82) is 0 Å². The van der Waals surface area contributed by atoms with Crippen molar-refractivity contribution in [1.82, 2.24) is 10.2 Å². The lowest BCUT2D eigenvalue weighted by Crippen LogP contribution is -2.49. The molecule has 162 valence electrons. The molecule has 6 heteroatoms. The van der Waals surface area contributed by atoms with Gasteiger partial charge in [-0.05, 0) is 56.5 Å². The Balaban J connectivity index is 2.02. The first-order valence-electron chi connectivity index (χ1n) is 10.5. The number of likely N-dealkylation sites (N-methyl/N-ethyl adjacent to an activating group) is 1. The monoisotopic (exact) mass is 430 g/mol. The average Bonchev–Trinajstić information content (AvgIpc) is 2.72. The van der Waals surface area contributed by atoms with Crippen molar-refractivity contribution < 1.29 is 14.3 Å². The summed E-state index contributed by atoms with van der Waals surface area (Å²) in [6.07, 6.45) is 1.44. The van der Waals surface area contributed by atoms with E-state index in [-0.39, 0.29) is 11.8 Å². The number of hydrogen-bond acceptors (Lipinski definition) is 3. The van der Waals surface area contributed by atoms with Crippen LogP contribution >= 0.6 is 11.6 Å². The van der Waals surface area contributed by atoms with Crippen molar-refractivity contribution in [3.63, 3.8) is 0 Å². The number of benzene rings is 2. The highest BCUT2D eigenvalue weighted by molar-refractivity contribution is 6.30. The molecular weight excluding hydrogens is 400 g/mol. The van der Waals surface area contributed by atoms with Gasteiger partial charge >= 0.3 is 0 Å². The lowest BCUT2D eigenvalue weighted by molar-refractivity contribution is -0.141. The van der Waals surface area contributed by atoms with Crippen LogP contribution in [-0.2, 0) is 16.1 Å². The van der Waals surface area contributed by atoms with E-state index in [9.17, 15) is 9.59 Å². The second kappa shape index (κ2) is 12.2. The SMILES string of the molecule is CCNC(=O)C(CC)N(Cc1cccc(C)c1)C(=O)CCCOc1ccc(Cl)cc1. The molecule has 0 fully saturated rings. The molecule has 0 radical (unpaired) electrons. The van der Waals surface area contributed by atoms with Crippen LogP contribution in [0, 0.1) is 6.92 Å². The zero-order chi connectivity index (χ0) is 21.9. The maximum atomic E-state index is 13.1. The van der Waals surface area contributed by atoms with Gasteiger partial charge < -0.3 is 15.0 Å². The van der Waals surface area contributed by atoms with Crippen LogP contribution in [0.3, 0.4) is 0 Å². The number of nitrogens with one attached hydrogen (secondary N) is 1. The third-order valence-corrected chi connectivity index (χ3v) is 5.04. The highest BCUT2D eigenvalue weighted by Gasteiger charge is 2.28. The molecule has 0 aliphatic rings. The van der Waals surface area contributed by atoms with Gasteiger partial charge in [-0.2, -0.15) is 0 Å². The molecule has 1 unspecified atom stereocenters. The van der Waals surface area contributed by atoms with Gasteiger partial charge in [0.05, 0.1) is 6.61 Å². The summed E-state index contributed by atoms with van der Waals surface area (Å²) in [5, 5.41) is 3.51. The Morgan fingerprint density at radius 3 is 2.50 bits per heavy atom. The quantitative estimate of drug-likeness (QED) is 0.523. The molecule has 2 amide bonds. The second-order valence-electron chi connectivity index (χ2n) is 7.24. The number of ether oxygens (including phenoxy) is 1. The van der Waals surface area contributed by atoms with Gasteiger partial charge in [-0.3, -0.25) is 9.59 Å². The van der Waals surface area contributed by atoms with Crippen LogP contribution in [0.15, 0.2) is 48.5 Å². The van der Waals surface area contributed by atoms with Crippen molar-refractivity contribution in [3.8, 4) is 5.75 Å². The van der Waals surface area contributed by atoms with E-state index in [0.717, 1.165) is 16.9 Å². The number of amides is 2. The van der Waals surface area contributed by atoms with E-state index < -0.39 is 6.04 Å². The molecule has 1 atom stereocenters. The van der Waals surface area contributed by atoms with Gasteiger partial charge in [0.1, 0.15) is 11.8 Å². The van der Waals surface area contributed by atoms with Crippen LogP contribution in [0.1, 0.15) is 44.2 Å². The molecule has 0 aliphatic carbocycles. The third-order valence-electron chi connectivity index (χ3n) is 4.79. The molecule has 0 heterocycles. The molecule has 2 aromatic rings. The minimum absolute atomic E-state index is 0.0469. The first-order valence-corrected chi connectivity index (χ1v) is 10.8. The molecule has 1 N–H and O–H groups in total. The Morgan fingerprint density at radius 2 is 1.87 bits per heavy atom. The van der Waals surface area contributed by atoms with E-state index in [1.165, 1.54) is 0 Å². The van der Waals surface area contributed by atoms with E-state index in [1.54, 1.807) is 29.2 Å². The summed E-state index contributed by atoms with van der Waals surface area (Å²) in [4.78, 5) is 27.3. The van der Waals surface area contributed by atoms with Crippen LogP contribution in [0.2, 0.25) is 5.02 Å². The average molecular weight is 431 g/mol. The van der Waals surface area contributed by atoms with Gasteiger partial charge in [0.15, 0.2) is 0 Å². The van der Waals surface area contributed by atoms with Gasteiger partial charge in [0.2, 0.25) is 11.8 Å². The topological polar surface area (TPSA) is 58.6 Å². The summed E-state index contributed by atoms with van der Waals surface area (Å²) in [6.45, 7) is 7.20. The Hall–Kier alpha value is -2.53. The number of halogens is 1. The number of carbonyl (C=O) groups is 2. The van der Waals surface area contributed by atoms with Crippen molar-refractivity contribution in [2.75, 3.05) is 13.2 Å². The van der Waals surface area contributed by atoms with Crippen molar-refractivity contribution in [2.45, 2.75) is 52.6 Å². The summed E-state index contributed by atoms with van der Waals surface area (Å²) < 4.78 is 5.69. The third kappa shape index (κ3) is 7.38. The van der Waals surface area contributed by atoms with E-state index in [0.29, 0.717) is 44.0 Å². The van der Waals surface area contributed by atoms with Crippen LogP contribution in [-0.4, -0.2) is 35.9 Å². The normalized spacial score (nSPS) is 11.6.